The quantitative estimate of drug-likeness (QED) is 0.270. The van der Waals surface area contributed by atoms with E-state index in [-0.39, 0.29) is 11.5 Å². The van der Waals surface area contributed by atoms with Gasteiger partial charge in [-0.1, -0.05) is 66.7 Å². The van der Waals surface area contributed by atoms with Crippen LogP contribution in [0.4, 0.5) is 10.1 Å². The molecular weight excluding hydrogens is 503 g/mol. The van der Waals surface area contributed by atoms with Crippen LogP contribution in [0.2, 0.25) is 0 Å². The van der Waals surface area contributed by atoms with Gasteiger partial charge in [0.2, 0.25) is 5.91 Å². The Morgan fingerprint density at radius 2 is 1.55 bits per heavy atom. The third kappa shape index (κ3) is 3.70. The number of amides is 1. The highest BCUT2D eigenvalue weighted by Gasteiger charge is 2.42. The molecule has 6 aromatic rings. The number of aromatic amines is 2. The maximum Gasteiger partial charge on any atom is 0.280 e. The standard InChI is InChI=1S/C33H25FN4O2/c1-20-28(33(40)38(36-20)23-12-6-3-7-13-23)31-29(24-14-8-9-15-26(24)35-31)30-25-18-22(34)16-17-27(25)37(32(30)39)19-21-10-4-2-5-11-21/h2-18,30,35-36H,19H2,1H3. The molecule has 0 aliphatic carbocycles. The number of anilines is 1. The lowest BCUT2D eigenvalue weighted by molar-refractivity contribution is -0.118. The highest BCUT2D eigenvalue weighted by molar-refractivity contribution is 6.10. The topological polar surface area (TPSA) is 73.9 Å². The van der Waals surface area contributed by atoms with Crippen molar-refractivity contribution < 1.29 is 9.18 Å². The second kappa shape index (κ2) is 9.24. The van der Waals surface area contributed by atoms with E-state index >= 15 is 0 Å². The van der Waals surface area contributed by atoms with Gasteiger partial charge in [0.15, 0.2) is 0 Å². The number of carbonyl (C=O) groups is 1. The van der Waals surface area contributed by atoms with Gasteiger partial charge in [-0.05, 0) is 54.4 Å². The molecule has 0 fully saturated rings. The van der Waals surface area contributed by atoms with Gasteiger partial charge >= 0.3 is 0 Å². The summed E-state index contributed by atoms with van der Waals surface area (Å²) in [6, 6.07) is 31.3. The number of halogens is 1. The molecule has 2 aromatic heterocycles. The fraction of sp³-hybridized carbons (Fsp3) is 0.0909. The maximum absolute atomic E-state index is 14.7. The van der Waals surface area contributed by atoms with Crippen molar-refractivity contribution in [3.63, 3.8) is 0 Å². The summed E-state index contributed by atoms with van der Waals surface area (Å²) >= 11 is 0. The Balaban J connectivity index is 1.46. The summed E-state index contributed by atoms with van der Waals surface area (Å²) in [5, 5.41) is 4.02. The van der Waals surface area contributed by atoms with E-state index in [4.69, 9.17) is 0 Å². The number of benzene rings is 4. The van der Waals surface area contributed by atoms with Gasteiger partial charge in [-0.3, -0.25) is 14.7 Å². The largest absolute Gasteiger partial charge is 0.354 e. The average Bonchev–Trinajstić information content (AvgIpc) is 3.57. The van der Waals surface area contributed by atoms with E-state index in [1.54, 1.807) is 11.0 Å². The van der Waals surface area contributed by atoms with Crippen LogP contribution in [-0.2, 0) is 11.3 Å². The number of aryl methyl sites for hydroxylation is 1. The number of nitrogens with zero attached hydrogens (tertiary/aromatic N) is 2. The number of hydrogen-bond donors (Lipinski definition) is 2. The molecule has 6 nitrogen and oxygen atoms in total. The number of aromatic nitrogens is 3. The third-order valence-corrected chi connectivity index (χ3v) is 7.66. The number of para-hydroxylation sites is 2. The van der Waals surface area contributed by atoms with Gasteiger partial charge in [-0.25, -0.2) is 9.07 Å². The van der Waals surface area contributed by atoms with Crippen molar-refractivity contribution in [3.05, 3.63) is 142 Å². The lowest BCUT2D eigenvalue weighted by Gasteiger charge is -2.18. The van der Waals surface area contributed by atoms with Crippen LogP contribution in [0.3, 0.4) is 0 Å². The molecule has 0 saturated heterocycles. The van der Waals surface area contributed by atoms with Gasteiger partial charge in [0.05, 0.1) is 29.4 Å². The Labute approximate surface area is 229 Å². The van der Waals surface area contributed by atoms with E-state index in [9.17, 15) is 14.0 Å². The van der Waals surface area contributed by atoms with Gasteiger partial charge in [-0.15, -0.1) is 0 Å². The average molecular weight is 529 g/mol. The van der Waals surface area contributed by atoms with Gasteiger partial charge < -0.3 is 9.88 Å². The molecule has 40 heavy (non-hydrogen) atoms. The lowest BCUT2D eigenvalue weighted by atomic mass is 9.88. The minimum atomic E-state index is -0.792. The highest BCUT2D eigenvalue weighted by Crippen LogP contribution is 2.47. The number of carbonyl (C=O) groups excluding carboxylic acids is 1. The van der Waals surface area contributed by atoms with Crippen molar-refractivity contribution in [2.75, 3.05) is 4.90 Å². The summed E-state index contributed by atoms with van der Waals surface area (Å²) in [6.07, 6.45) is 0. The Bertz CT molecular complexity index is 1950. The normalized spacial score (nSPS) is 14.7. The van der Waals surface area contributed by atoms with E-state index in [2.05, 4.69) is 10.1 Å². The molecular formula is C33H25FN4O2. The highest BCUT2D eigenvalue weighted by atomic mass is 19.1. The SMILES string of the molecule is Cc1[nH]n(-c2ccccc2)c(=O)c1-c1[nH]c2ccccc2c1C1C(=O)N(Cc2ccccc2)c2ccc(F)cc21. The molecule has 0 bridgehead atoms. The van der Waals surface area contributed by atoms with Crippen molar-refractivity contribution in [3.8, 4) is 16.9 Å². The van der Waals surface area contributed by atoms with E-state index in [0.717, 1.165) is 16.5 Å². The van der Waals surface area contributed by atoms with E-state index in [0.29, 0.717) is 46.0 Å². The Morgan fingerprint density at radius 1 is 0.850 bits per heavy atom. The molecule has 1 amide bonds. The van der Waals surface area contributed by atoms with Crippen molar-refractivity contribution in [1.82, 2.24) is 14.8 Å². The maximum atomic E-state index is 14.7. The van der Waals surface area contributed by atoms with Crippen LogP contribution in [-0.4, -0.2) is 20.7 Å². The molecule has 0 spiro atoms. The first-order chi connectivity index (χ1) is 19.5. The second-order valence-corrected chi connectivity index (χ2v) is 10.1. The van der Waals surface area contributed by atoms with E-state index in [1.165, 1.54) is 16.8 Å². The summed E-state index contributed by atoms with van der Waals surface area (Å²) in [7, 11) is 0. The van der Waals surface area contributed by atoms with E-state index in [1.807, 2.05) is 91.9 Å². The lowest BCUT2D eigenvalue weighted by Crippen LogP contribution is -2.28. The molecule has 2 N–H and O–H groups in total. The molecule has 1 unspecified atom stereocenters. The third-order valence-electron chi connectivity index (χ3n) is 7.66. The zero-order chi connectivity index (χ0) is 27.4. The van der Waals surface area contributed by atoms with Crippen LogP contribution in [0.15, 0.2) is 108 Å². The fourth-order valence-corrected chi connectivity index (χ4v) is 5.88. The van der Waals surface area contributed by atoms with Crippen molar-refractivity contribution in [2.45, 2.75) is 19.4 Å². The molecule has 3 heterocycles. The number of hydrogen-bond acceptors (Lipinski definition) is 2. The van der Waals surface area contributed by atoms with Crippen LogP contribution in [0.1, 0.15) is 28.3 Å². The second-order valence-electron chi connectivity index (χ2n) is 10.1. The Hall–Kier alpha value is -5.17. The Morgan fingerprint density at radius 3 is 2.33 bits per heavy atom. The molecule has 1 atom stereocenters. The molecule has 4 aromatic carbocycles. The number of rotatable bonds is 5. The Kier molecular flexibility index (Phi) is 5.52. The van der Waals surface area contributed by atoms with Crippen LogP contribution < -0.4 is 10.5 Å². The monoisotopic (exact) mass is 528 g/mol. The molecule has 196 valence electrons. The molecule has 7 rings (SSSR count). The molecule has 1 aliphatic heterocycles. The molecule has 1 aliphatic rings. The smallest absolute Gasteiger partial charge is 0.280 e. The van der Waals surface area contributed by atoms with Crippen LogP contribution in [0.5, 0.6) is 0 Å². The van der Waals surface area contributed by atoms with Gasteiger partial charge in [0.25, 0.3) is 5.56 Å². The van der Waals surface area contributed by atoms with Gasteiger partial charge in [-0.2, -0.15) is 0 Å². The minimum absolute atomic E-state index is 0.160. The predicted molar refractivity (Wildman–Crippen MR) is 154 cm³/mol. The summed E-state index contributed by atoms with van der Waals surface area (Å²) in [5.74, 6) is -1.37. The van der Waals surface area contributed by atoms with Gasteiger partial charge in [0.1, 0.15) is 5.82 Å². The van der Waals surface area contributed by atoms with Crippen molar-refractivity contribution in [2.24, 2.45) is 0 Å². The number of fused-ring (bicyclic) bond motifs is 2. The molecule has 0 saturated carbocycles. The van der Waals surface area contributed by atoms with Gasteiger partial charge in [0, 0.05) is 27.8 Å². The number of nitrogens with one attached hydrogen (secondary N) is 2. The summed E-state index contributed by atoms with van der Waals surface area (Å²) < 4.78 is 16.2. The zero-order valence-corrected chi connectivity index (χ0v) is 21.7. The zero-order valence-electron chi connectivity index (χ0n) is 21.7. The van der Waals surface area contributed by atoms with Crippen molar-refractivity contribution in [1.29, 1.82) is 0 Å². The van der Waals surface area contributed by atoms with Crippen LogP contribution >= 0.6 is 0 Å². The van der Waals surface area contributed by atoms with Crippen molar-refractivity contribution >= 4 is 22.5 Å². The minimum Gasteiger partial charge on any atom is -0.354 e. The van der Waals surface area contributed by atoms with Crippen LogP contribution in [0.25, 0.3) is 27.8 Å². The fourth-order valence-electron chi connectivity index (χ4n) is 5.88. The summed E-state index contributed by atoms with van der Waals surface area (Å²) in [4.78, 5) is 33.3. The summed E-state index contributed by atoms with van der Waals surface area (Å²) in [6.45, 7) is 2.20. The molecule has 0 radical (unpaired) electrons. The van der Waals surface area contributed by atoms with Crippen LogP contribution in [0, 0.1) is 12.7 Å². The first-order valence-corrected chi connectivity index (χ1v) is 13.1. The predicted octanol–water partition coefficient (Wildman–Crippen LogP) is 6.44. The number of H-pyrrole nitrogens is 2. The summed E-state index contributed by atoms with van der Waals surface area (Å²) in [5.41, 5.74) is 5.83. The molecule has 7 heteroatoms. The van der Waals surface area contributed by atoms with E-state index < -0.39 is 11.7 Å². The first-order valence-electron chi connectivity index (χ1n) is 13.1. The first kappa shape index (κ1) is 23.9.